The number of unbranched alkanes of at least 4 members (excludes halogenated alkanes) is 1. The fourth-order valence-electron chi connectivity index (χ4n) is 3.08. The third-order valence-corrected chi connectivity index (χ3v) is 4.46. The van der Waals surface area contributed by atoms with Crippen molar-refractivity contribution in [2.45, 2.75) is 39.2 Å². The summed E-state index contributed by atoms with van der Waals surface area (Å²) in [6, 6.07) is 9.15. The molecule has 0 aromatic heterocycles. The number of hydrogen-bond donors (Lipinski definition) is 2. The van der Waals surface area contributed by atoms with E-state index in [1.807, 2.05) is 14.0 Å². The molecule has 0 fully saturated rings. The fourth-order valence-corrected chi connectivity index (χ4v) is 3.08. The molecule has 1 atom stereocenters. The first-order valence-corrected chi connectivity index (χ1v) is 9.13. The molecule has 1 aliphatic heterocycles. The van der Waals surface area contributed by atoms with Crippen molar-refractivity contribution >= 4 is 11.6 Å². The van der Waals surface area contributed by atoms with E-state index < -0.39 is 0 Å². The van der Waals surface area contributed by atoms with Crippen LogP contribution in [-0.2, 0) is 11.2 Å². The van der Waals surface area contributed by atoms with Crippen LogP contribution in [0.15, 0.2) is 29.3 Å². The van der Waals surface area contributed by atoms with Crippen LogP contribution in [0.2, 0.25) is 0 Å². The molecule has 0 saturated carbocycles. The molecule has 5 nitrogen and oxygen atoms in total. The van der Waals surface area contributed by atoms with Crippen molar-refractivity contribution in [3.05, 3.63) is 29.8 Å². The molecular weight excluding hydrogens is 300 g/mol. The second-order valence-electron chi connectivity index (χ2n) is 6.21. The van der Waals surface area contributed by atoms with Gasteiger partial charge in [-0.1, -0.05) is 18.2 Å². The summed E-state index contributed by atoms with van der Waals surface area (Å²) in [5.41, 5.74) is 2.84. The number of fused-ring (bicyclic) bond motifs is 1. The molecule has 0 spiro atoms. The molecule has 0 bridgehead atoms. The van der Waals surface area contributed by atoms with Crippen LogP contribution in [0.5, 0.6) is 0 Å². The van der Waals surface area contributed by atoms with Crippen molar-refractivity contribution in [1.82, 2.24) is 10.6 Å². The standard InChI is InChI=1S/C19H32N4O/c1-4-24-14-8-7-12-21-19(20-3)22-15-16(2)23-13-11-17-9-5-6-10-18(17)23/h5-6,9-10,16H,4,7-8,11-15H2,1-3H3,(H2,20,21,22). The molecule has 5 heteroatoms. The van der Waals surface area contributed by atoms with Crippen LogP contribution in [0.3, 0.4) is 0 Å². The quantitative estimate of drug-likeness (QED) is 0.414. The lowest BCUT2D eigenvalue weighted by molar-refractivity contribution is 0.143. The predicted molar refractivity (Wildman–Crippen MR) is 102 cm³/mol. The molecule has 2 N–H and O–H groups in total. The first kappa shape index (κ1) is 18.6. The normalized spacial score (nSPS) is 15.3. The topological polar surface area (TPSA) is 48.9 Å². The summed E-state index contributed by atoms with van der Waals surface area (Å²) in [5, 5.41) is 6.82. The van der Waals surface area contributed by atoms with E-state index in [1.165, 1.54) is 11.3 Å². The average Bonchev–Trinajstić information content (AvgIpc) is 3.04. The summed E-state index contributed by atoms with van der Waals surface area (Å²) < 4.78 is 5.35. The van der Waals surface area contributed by atoms with E-state index in [9.17, 15) is 0 Å². The number of benzene rings is 1. The number of aliphatic imine (C=N–C) groups is 1. The monoisotopic (exact) mass is 332 g/mol. The Morgan fingerprint density at radius 2 is 2.12 bits per heavy atom. The molecule has 0 saturated heterocycles. The van der Waals surface area contributed by atoms with Crippen molar-refractivity contribution in [1.29, 1.82) is 0 Å². The number of rotatable bonds is 9. The molecule has 1 aromatic rings. The van der Waals surface area contributed by atoms with Gasteiger partial charge in [-0.15, -0.1) is 0 Å². The minimum absolute atomic E-state index is 0.435. The third kappa shape index (κ3) is 5.41. The van der Waals surface area contributed by atoms with Gasteiger partial charge in [-0.3, -0.25) is 4.99 Å². The Kier molecular flexibility index (Phi) is 7.89. The molecule has 1 heterocycles. The second kappa shape index (κ2) is 10.2. The summed E-state index contributed by atoms with van der Waals surface area (Å²) in [6.07, 6.45) is 3.32. The molecule has 2 rings (SSSR count). The zero-order valence-electron chi connectivity index (χ0n) is 15.3. The molecular formula is C19H32N4O. The lowest BCUT2D eigenvalue weighted by Gasteiger charge is -2.28. The van der Waals surface area contributed by atoms with Crippen molar-refractivity contribution in [2.75, 3.05) is 44.8 Å². The molecule has 1 aromatic carbocycles. The Hall–Kier alpha value is -1.75. The Labute approximate surface area is 146 Å². The highest BCUT2D eigenvalue weighted by Gasteiger charge is 2.22. The lowest BCUT2D eigenvalue weighted by Crippen LogP contribution is -2.45. The van der Waals surface area contributed by atoms with E-state index in [2.05, 4.69) is 51.7 Å². The van der Waals surface area contributed by atoms with Crippen LogP contribution in [0, 0.1) is 0 Å². The summed E-state index contributed by atoms with van der Waals surface area (Å²) in [4.78, 5) is 6.79. The molecule has 1 aliphatic rings. The van der Waals surface area contributed by atoms with Crippen molar-refractivity contribution in [3.8, 4) is 0 Å². The zero-order chi connectivity index (χ0) is 17.2. The molecule has 0 radical (unpaired) electrons. The maximum Gasteiger partial charge on any atom is 0.191 e. The van der Waals surface area contributed by atoms with E-state index in [0.29, 0.717) is 6.04 Å². The van der Waals surface area contributed by atoms with Crippen LogP contribution in [0.1, 0.15) is 32.3 Å². The predicted octanol–water partition coefficient (Wildman–Crippen LogP) is 2.42. The molecule has 24 heavy (non-hydrogen) atoms. The number of anilines is 1. The highest BCUT2D eigenvalue weighted by Crippen LogP contribution is 2.28. The largest absolute Gasteiger partial charge is 0.382 e. The minimum atomic E-state index is 0.435. The Morgan fingerprint density at radius 3 is 2.92 bits per heavy atom. The van der Waals surface area contributed by atoms with E-state index in [4.69, 9.17) is 4.74 Å². The van der Waals surface area contributed by atoms with Gasteiger partial charge in [0.05, 0.1) is 0 Å². The van der Waals surface area contributed by atoms with E-state index in [0.717, 1.165) is 58.1 Å². The van der Waals surface area contributed by atoms with E-state index >= 15 is 0 Å². The Balaban J connectivity index is 1.69. The van der Waals surface area contributed by atoms with Gasteiger partial charge in [0.2, 0.25) is 0 Å². The maximum atomic E-state index is 5.35. The Bertz CT molecular complexity index is 518. The third-order valence-electron chi connectivity index (χ3n) is 4.46. The number of hydrogen-bond acceptors (Lipinski definition) is 3. The number of nitrogens with one attached hydrogen (secondary N) is 2. The van der Waals surface area contributed by atoms with Gasteiger partial charge in [-0.2, -0.15) is 0 Å². The van der Waals surface area contributed by atoms with E-state index in [1.54, 1.807) is 0 Å². The number of guanidine groups is 1. The Morgan fingerprint density at radius 1 is 1.29 bits per heavy atom. The van der Waals surface area contributed by atoms with Crippen LogP contribution in [0.4, 0.5) is 5.69 Å². The van der Waals surface area contributed by atoms with Crippen molar-refractivity contribution in [2.24, 2.45) is 4.99 Å². The number of para-hydroxylation sites is 1. The van der Waals surface area contributed by atoms with Gasteiger partial charge < -0.3 is 20.3 Å². The fraction of sp³-hybridized carbons (Fsp3) is 0.632. The molecule has 0 amide bonds. The van der Waals surface area contributed by atoms with Gasteiger partial charge in [0.1, 0.15) is 0 Å². The highest BCUT2D eigenvalue weighted by atomic mass is 16.5. The van der Waals surface area contributed by atoms with Gasteiger partial charge in [0.15, 0.2) is 5.96 Å². The minimum Gasteiger partial charge on any atom is -0.382 e. The SMILES string of the molecule is CCOCCCCNC(=NC)NCC(C)N1CCc2ccccc21. The van der Waals surface area contributed by atoms with Gasteiger partial charge in [-0.25, -0.2) is 0 Å². The smallest absolute Gasteiger partial charge is 0.191 e. The molecule has 134 valence electrons. The van der Waals surface area contributed by atoms with Gasteiger partial charge in [0, 0.05) is 51.6 Å². The average molecular weight is 332 g/mol. The summed E-state index contributed by atoms with van der Waals surface area (Å²) >= 11 is 0. The zero-order valence-corrected chi connectivity index (χ0v) is 15.3. The first-order valence-electron chi connectivity index (χ1n) is 9.13. The maximum absolute atomic E-state index is 5.35. The lowest BCUT2D eigenvalue weighted by atomic mass is 10.2. The summed E-state index contributed by atoms with van der Waals surface area (Å²) in [6.45, 7) is 8.85. The molecule has 1 unspecified atom stereocenters. The summed E-state index contributed by atoms with van der Waals surface area (Å²) in [5.74, 6) is 0.880. The number of ether oxygens (including phenoxy) is 1. The van der Waals surface area contributed by atoms with Crippen molar-refractivity contribution in [3.63, 3.8) is 0 Å². The van der Waals surface area contributed by atoms with Crippen molar-refractivity contribution < 1.29 is 4.74 Å². The van der Waals surface area contributed by atoms with Crippen LogP contribution < -0.4 is 15.5 Å². The molecule has 0 aliphatic carbocycles. The van der Waals surface area contributed by atoms with Gasteiger partial charge >= 0.3 is 0 Å². The van der Waals surface area contributed by atoms with Crippen LogP contribution in [-0.4, -0.2) is 51.9 Å². The first-order chi connectivity index (χ1) is 11.8. The second-order valence-corrected chi connectivity index (χ2v) is 6.21. The summed E-state index contributed by atoms with van der Waals surface area (Å²) in [7, 11) is 1.82. The van der Waals surface area contributed by atoms with Crippen LogP contribution in [0.25, 0.3) is 0 Å². The van der Waals surface area contributed by atoms with E-state index in [-0.39, 0.29) is 0 Å². The van der Waals surface area contributed by atoms with Crippen LogP contribution >= 0.6 is 0 Å². The number of nitrogens with zero attached hydrogens (tertiary/aromatic N) is 2. The highest BCUT2D eigenvalue weighted by molar-refractivity contribution is 5.79. The van der Waals surface area contributed by atoms with Gasteiger partial charge in [-0.05, 0) is 44.7 Å². The van der Waals surface area contributed by atoms with Gasteiger partial charge in [0.25, 0.3) is 0 Å².